The number of nitrogens with two attached hydrogens (primary N) is 1. The summed E-state index contributed by atoms with van der Waals surface area (Å²) in [5.41, 5.74) is 4.89. The molecule has 0 saturated carbocycles. The highest BCUT2D eigenvalue weighted by atomic mass is 16.6. The van der Waals surface area contributed by atoms with Gasteiger partial charge in [0.05, 0.1) is 12.1 Å². The van der Waals surface area contributed by atoms with E-state index in [1.165, 1.54) is 6.07 Å². The van der Waals surface area contributed by atoms with E-state index in [1.54, 1.807) is 0 Å². The minimum absolute atomic E-state index is 0.0490. The van der Waals surface area contributed by atoms with Crippen molar-refractivity contribution in [3.8, 4) is 11.5 Å². The molecule has 0 aromatic heterocycles. The fourth-order valence-electron chi connectivity index (χ4n) is 0.854. The fourth-order valence-corrected chi connectivity index (χ4v) is 0.854. The lowest BCUT2D eigenvalue weighted by Gasteiger charge is -2.02. The van der Waals surface area contributed by atoms with Gasteiger partial charge < -0.3 is 20.7 Å². The van der Waals surface area contributed by atoms with Crippen LogP contribution in [0.3, 0.4) is 0 Å². The summed E-state index contributed by atoms with van der Waals surface area (Å²) < 4.78 is 4.28. The van der Waals surface area contributed by atoms with Gasteiger partial charge in [0.1, 0.15) is 0 Å². The van der Waals surface area contributed by atoms with Crippen LogP contribution in [0.25, 0.3) is 0 Å². The van der Waals surface area contributed by atoms with Crippen LogP contribution in [-0.4, -0.2) is 28.7 Å². The van der Waals surface area contributed by atoms with Gasteiger partial charge in [-0.3, -0.25) is 4.79 Å². The molecule has 0 atom stereocenters. The average molecular weight is 211 g/mol. The molecule has 6 nitrogen and oxygen atoms in total. The number of esters is 2. The van der Waals surface area contributed by atoms with E-state index in [0.29, 0.717) is 0 Å². The van der Waals surface area contributed by atoms with Gasteiger partial charge in [-0.1, -0.05) is 0 Å². The van der Waals surface area contributed by atoms with E-state index in [1.807, 2.05) is 0 Å². The number of phenols is 2. The highest BCUT2D eigenvalue weighted by molar-refractivity contribution is 5.97. The molecule has 0 heterocycles. The Labute approximate surface area is 84.9 Å². The number of hydrogen-bond donors (Lipinski definition) is 3. The second-order valence-corrected chi connectivity index (χ2v) is 2.67. The van der Waals surface area contributed by atoms with Crippen LogP contribution in [0.5, 0.6) is 11.5 Å². The zero-order valence-electron chi connectivity index (χ0n) is 7.64. The van der Waals surface area contributed by atoms with Gasteiger partial charge in [0, 0.05) is 0 Å². The molecule has 0 aliphatic rings. The Bertz CT molecular complexity index is 401. The molecular formula is C9H9NO5. The first kappa shape index (κ1) is 11.0. The highest BCUT2D eigenvalue weighted by Gasteiger charge is 2.13. The summed E-state index contributed by atoms with van der Waals surface area (Å²) in [7, 11) is 0. The van der Waals surface area contributed by atoms with E-state index in [0.717, 1.165) is 12.1 Å². The normalized spacial score (nSPS) is 9.67. The second-order valence-electron chi connectivity index (χ2n) is 2.67. The van der Waals surface area contributed by atoms with Crippen molar-refractivity contribution in [3.63, 3.8) is 0 Å². The van der Waals surface area contributed by atoms with Gasteiger partial charge in [-0.2, -0.15) is 0 Å². The SMILES string of the molecule is NCC(=O)OC(=O)c1ccc(O)c(O)c1. The maximum atomic E-state index is 11.2. The number of rotatable bonds is 2. The molecule has 0 radical (unpaired) electrons. The Kier molecular flexibility index (Phi) is 3.25. The van der Waals surface area contributed by atoms with Crippen molar-refractivity contribution >= 4 is 11.9 Å². The van der Waals surface area contributed by atoms with Crippen molar-refractivity contribution in [1.29, 1.82) is 0 Å². The number of carbonyl (C=O) groups excluding carboxylic acids is 2. The number of carbonyl (C=O) groups is 2. The Hall–Kier alpha value is -2.08. The summed E-state index contributed by atoms with van der Waals surface area (Å²) in [5, 5.41) is 18.0. The summed E-state index contributed by atoms with van der Waals surface area (Å²) in [5.74, 6) is -2.63. The largest absolute Gasteiger partial charge is 0.504 e. The molecule has 0 saturated heterocycles. The predicted octanol–water partition coefficient (Wildman–Crippen LogP) is -0.260. The molecule has 4 N–H and O–H groups in total. The second kappa shape index (κ2) is 4.43. The molecule has 0 unspecified atom stereocenters. The Balaban J connectivity index is 2.83. The lowest BCUT2D eigenvalue weighted by atomic mass is 10.2. The van der Waals surface area contributed by atoms with Crippen LogP contribution in [0, 0.1) is 0 Å². The monoisotopic (exact) mass is 211 g/mol. The first-order valence-electron chi connectivity index (χ1n) is 4.01. The third-order valence-corrected chi connectivity index (χ3v) is 1.58. The van der Waals surface area contributed by atoms with Crippen LogP contribution in [0.4, 0.5) is 0 Å². The molecule has 1 aromatic rings. The lowest BCUT2D eigenvalue weighted by Crippen LogP contribution is -2.20. The van der Waals surface area contributed by atoms with Crippen molar-refractivity contribution in [2.24, 2.45) is 5.73 Å². The third-order valence-electron chi connectivity index (χ3n) is 1.58. The van der Waals surface area contributed by atoms with Gasteiger partial charge in [0.2, 0.25) is 0 Å². The fraction of sp³-hybridized carbons (Fsp3) is 0.111. The molecule has 0 bridgehead atoms. The Morgan fingerprint density at radius 3 is 2.47 bits per heavy atom. The first-order chi connectivity index (χ1) is 7.04. The predicted molar refractivity (Wildman–Crippen MR) is 49.2 cm³/mol. The summed E-state index contributed by atoms with van der Waals surface area (Å²) in [6, 6.07) is 3.31. The summed E-state index contributed by atoms with van der Waals surface area (Å²) in [6.45, 7) is -0.407. The van der Waals surface area contributed by atoms with Gasteiger partial charge in [0.15, 0.2) is 11.5 Å². The van der Waals surface area contributed by atoms with E-state index in [4.69, 9.17) is 15.9 Å². The van der Waals surface area contributed by atoms with Gasteiger partial charge in [0.25, 0.3) is 0 Å². The van der Waals surface area contributed by atoms with E-state index in [-0.39, 0.29) is 11.3 Å². The summed E-state index contributed by atoms with van der Waals surface area (Å²) >= 11 is 0. The van der Waals surface area contributed by atoms with Gasteiger partial charge >= 0.3 is 11.9 Å². The summed E-state index contributed by atoms with van der Waals surface area (Å²) in [4.78, 5) is 21.9. The molecule has 0 amide bonds. The molecule has 1 aromatic carbocycles. The number of ether oxygens (including phenoxy) is 1. The molecule has 15 heavy (non-hydrogen) atoms. The topological polar surface area (TPSA) is 110 Å². The molecule has 80 valence electrons. The van der Waals surface area contributed by atoms with Crippen molar-refractivity contribution in [3.05, 3.63) is 23.8 Å². The number of hydrogen-bond acceptors (Lipinski definition) is 6. The van der Waals surface area contributed by atoms with Gasteiger partial charge in [-0.15, -0.1) is 0 Å². The van der Waals surface area contributed by atoms with Crippen LogP contribution in [-0.2, 0) is 9.53 Å². The minimum Gasteiger partial charge on any atom is -0.504 e. The van der Waals surface area contributed by atoms with Crippen LogP contribution < -0.4 is 5.73 Å². The first-order valence-corrected chi connectivity index (χ1v) is 4.01. The van der Waals surface area contributed by atoms with E-state index in [2.05, 4.69) is 4.74 Å². The van der Waals surface area contributed by atoms with E-state index >= 15 is 0 Å². The van der Waals surface area contributed by atoms with Crippen molar-refractivity contribution in [2.75, 3.05) is 6.54 Å². The van der Waals surface area contributed by atoms with Gasteiger partial charge in [-0.05, 0) is 18.2 Å². The Morgan fingerprint density at radius 2 is 1.93 bits per heavy atom. The van der Waals surface area contributed by atoms with Crippen LogP contribution in [0.2, 0.25) is 0 Å². The number of benzene rings is 1. The minimum atomic E-state index is -0.930. The van der Waals surface area contributed by atoms with Crippen molar-refractivity contribution in [1.82, 2.24) is 0 Å². The van der Waals surface area contributed by atoms with Crippen molar-refractivity contribution < 1.29 is 24.5 Å². The quantitative estimate of drug-likeness (QED) is 0.353. The zero-order valence-corrected chi connectivity index (χ0v) is 7.64. The van der Waals surface area contributed by atoms with Crippen LogP contribution in [0.1, 0.15) is 10.4 Å². The summed E-state index contributed by atoms with van der Waals surface area (Å²) in [6.07, 6.45) is 0. The highest BCUT2D eigenvalue weighted by Crippen LogP contribution is 2.25. The molecule has 1 rings (SSSR count). The smallest absolute Gasteiger partial charge is 0.345 e. The maximum Gasteiger partial charge on any atom is 0.345 e. The van der Waals surface area contributed by atoms with E-state index < -0.39 is 24.2 Å². The molecule has 0 spiro atoms. The molecular weight excluding hydrogens is 202 g/mol. The Morgan fingerprint density at radius 1 is 1.27 bits per heavy atom. The maximum absolute atomic E-state index is 11.2. The molecule has 0 aliphatic heterocycles. The third kappa shape index (κ3) is 2.68. The standard InChI is InChI=1S/C9H9NO5/c10-4-8(13)15-9(14)5-1-2-6(11)7(12)3-5/h1-3,11-12H,4,10H2. The molecule has 0 aliphatic carbocycles. The lowest BCUT2D eigenvalue weighted by molar-refractivity contribution is -0.136. The van der Waals surface area contributed by atoms with E-state index in [9.17, 15) is 9.59 Å². The zero-order chi connectivity index (χ0) is 11.4. The average Bonchev–Trinajstić information content (AvgIpc) is 2.21. The van der Waals surface area contributed by atoms with Crippen LogP contribution in [0.15, 0.2) is 18.2 Å². The van der Waals surface area contributed by atoms with Crippen molar-refractivity contribution in [2.45, 2.75) is 0 Å². The number of phenolic OH excluding ortho intramolecular Hbond substituents is 2. The van der Waals surface area contributed by atoms with Gasteiger partial charge in [-0.25, -0.2) is 4.79 Å². The molecule has 6 heteroatoms. The number of aromatic hydroxyl groups is 2. The van der Waals surface area contributed by atoms with Crippen LogP contribution >= 0.6 is 0 Å². The molecule has 0 fully saturated rings.